The van der Waals surface area contributed by atoms with Crippen molar-refractivity contribution in [2.24, 2.45) is 0 Å². The third-order valence-electron chi connectivity index (χ3n) is 2.36. The molecule has 3 heteroatoms. The molecule has 1 aromatic rings. The Labute approximate surface area is 92.8 Å². The minimum absolute atomic E-state index is 0.0925. The van der Waals surface area contributed by atoms with Crippen molar-refractivity contribution in [3.8, 4) is 0 Å². The van der Waals surface area contributed by atoms with Crippen molar-refractivity contribution in [3.05, 3.63) is 34.1 Å². The van der Waals surface area contributed by atoms with Crippen molar-refractivity contribution in [2.45, 2.75) is 25.8 Å². The molecule has 0 unspecified atom stereocenters. The molecule has 0 saturated carbocycles. The zero-order valence-corrected chi connectivity index (χ0v) is 10.3. The second kappa shape index (κ2) is 4.41. The maximum absolute atomic E-state index is 13.5. The molecular formula is C11H15BrFN. The second-order valence-electron chi connectivity index (χ2n) is 4.01. The highest BCUT2D eigenvalue weighted by Crippen LogP contribution is 2.23. The van der Waals surface area contributed by atoms with Crippen LogP contribution in [0.4, 0.5) is 4.39 Å². The number of benzene rings is 1. The summed E-state index contributed by atoms with van der Waals surface area (Å²) in [5, 5.41) is 3.16. The summed E-state index contributed by atoms with van der Waals surface area (Å²) < 4.78 is 14.3. The summed E-state index contributed by atoms with van der Waals surface area (Å²) in [7, 11) is 1.88. The van der Waals surface area contributed by atoms with Gasteiger partial charge in [0.05, 0.1) is 0 Å². The van der Waals surface area contributed by atoms with Gasteiger partial charge in [-0.1, -0.05) is 22.0 Å². The van der Waals surface area contributed by atoms with Gasteiger partial charge in [-0.15, -0.1) is 0 Å². The normalized spacial score (nSPS) is 11.8. The van der Waals surface area contributed by atoms with Crippen molar-refractivity contribution in [3.63, 3.8) is 0 Å². The lowest BCUT2D eigenvalue weighted by molar-refractivity contribution is 0.413. The van der Waals surface area contributed by atoms with E-state index in [0.29, 0.717) is 6.42 Å². The first kappa shape index (κ1) is 11.7. The molecule has 0 bridgehead atoms. The van der Waals surface area contributed by atoms with Crippen molar-refractivity contribution in [2.75, 3.05) is 7.05 Å². The summed E-state index contributed by atoms with van der Waals surface area (Å²) >= 11 is 3.36. The predicted octanol–water partition coefficient (Wildman–Crippen LogP) is 3.13. The molecular weight excluding hydrogens is 245 g/mol. The van der Waals surface area contributed by atoms with Gasteiger partial charge in [-0.2, -0.15) is 0 Å². The van der Waals surface area contributed by atoms with E-state index in [9.17, 15) is 4.39 Å². The average Bonchev–Trinajstić information content (AvgIpc) is 2.12. The van der Waals surface area contributed by atoms with Gasteiger partial charge in [0.25, 0.3) is 0 Å². The number of nitrogens with one attached hydrogen (secondary N) is 1. The van der Waals surface area contributed by atoms with Gasteiger partial charge in [0, 0.05) is 15.6 Å². The molecule has 0 aliphatic rings. The fraction of sp³-hybridized carbons (Fsp3) is 0.455. The summed E-state index contributed by atoms with van der Waals surface area (Å²) in [6.45, 7) is 4.10. The minimum Gasteiger partial charge on any atom is -0.314 e. The largest absolute Gasteiger partial charge is 0.314 e. The van der Waals surface area contributed by atoms with E-state index in [4.69, 9.17) is 0 Å². The molecule has 78 valence electrons. The summed E-state index contributed by atoms with van der Waals surface area (Å²) in [5.41, 5.74) is 0.636. The highest BCUT2D eigenvalue weighted by atomic mass is 79.9. The van der Waals surface area contributed by atoms with Crippen LogP contribution in [0.3, 0.4) is 0 Å². The number of halogens is 2. The van der Waals surface area contributed by atoms with Gasteiger partial charge in [0.2, 0.25) is 0 Å². The highest BCUT2D eigenvalue weighted by Gasteiger charge is 2.19. The third-order valence-corrected chi connectivity index (χ3v) is 3.10. The fourth-order valence-electron chi connectivity index (χ4n) is 1.23. The SMILES string of the molecule is CNC(C)(C)Cc1c(F)cccc1Br. The molecule has 0 amide bonds. The van der Waals surface area contributed by atoms with Gasteiger partial charge >= 0.3 is 0 Å². The molecule has 0 aromatic heterocycles. The Hall–Kier alpha value is -0.410. The zero-order valence-electron chi connectivity index (χ0n) is 8.70. The molecule has 1 N–H and O–H groups in total. The lowest BCUT2D eigenvalue weighted by Gasteiger charge is -2.24. The van der Waals surface area contributed by atoms with Crippen LogP contribution in [0.25, 0.3) is 0 Å². The van der Waals surface area contributed by atoms with Gasteiger partial charge in [-0.05, 0) is 39.4 Å². The molecule has 0 aliphatic carbocycles. The van der Waals surface area contributed by atoms with Crippen LogP contribution in [0.15, 0.2) is 22.7 Å². The van der Waals surface area contributed by atoms with Gasteiger partial charge in [-0.25, -0.2) is 4.39 Å². The topological polar surface area (TPSA) is 12.0 Å². The molecule has 1 nitrogen and oxygen atoms in total. The lowest BCUT2D eigenvalue weighted by atomic mass is 9.95. The van der Waals surface area contributed by atoms with Gasteiger partial charge < -0.3 is 5.32 Å². The molecule has 0 heterocycles. The Kier molecular flexibility index (Phi) is 3.67. The molecule has 0 aliphatic heterocycles. The Bertz CT molecular complexity index is 303. The molecule has 0 radical (unpaired) electrons. The summed E-state index contributed by atoms with van der Waals surface area (Å²) in [5.74, 6) is -0.150. The van der Waals surface area contributed by atoms with Gasteiger partial charge in [0.1, 0.15) is 5.82 Å². The van der Waals surface area contributed by atoms with Crippen LogP contribution < -0.4 is 5.32 Å². The third kappa shape index (κ3) is 2.79. The molecule has 14 heavy (non-hydrogen) atoms. The number of likely N-dealkylation sites (N-methyl/N-ethyl adjacent to an activating group) is 1. The van der Waals surface area contributed by atoms with E-state index in [-0.39, 0.29) is 11.4 Å². The first-order chi connectivity index (χ1) is 6.46. The van der Waals surface area contributed by atoms with E-state index in [1.165, 1.54) is 6.07 Å². The predicted molar refractivity (Wildman–Crippen MR) is 60.9 cm³/mol. The summed E-state index contributed by atoms with van der Waals surface area (Å²) in [6, 6.07) is 5.06. The summed E-state index contributed by atoms with van der Waals surface area (Å²) in [6.07, 6.45) is 0.663. The Morgan fingerprint density at radius 3 is 2.57 bits per heavy atom. The van der Waals surface area contributed by atoms with Crippen LogP contribution in [-0.2, 0) is 6.42 Å². The maximum Gasteiger partial charge on any atom is 0.127 e. The lowest BCUT2D eigenvalue weighted by Crippen LogP contribution is -2.38. The monoisotopic (exact) mass is 259 g/mol. The second-order valence-corrected chi connectivity index (χ2v) is 4.87. The van der Waals surface area contributed by atoms with Crippen LogP contribution in [0.5, 0.6) is 0 Å². The van der Waals surface area contributed by atoms with E-state index in [1.807, 2.05) is 27.0 Å². The quantitative estimate of drug-likeness (QED) is 0.880. The Morgan fingerprint density at radius 1 is 1.43 bits per heavy atom. The van der Waals surface area contributed by atoms with Crippen LogP contribution in [0.1, 0.15) is 19.4 Å². The number of hydrogen-bond acceptors (Lipinski definition) is 1. The molecule has 0 fully saturated rings. The van der Waals surface area contributed by atoms with Crippen LogP contribution in [0, 0.1) is 5.82 Å². The van der Waals surface area contributed by atoms with Gasteiger partial charge in [-0.3, -0.25) is 0 Å². The minimum atomic E-state index is -0.150. The standard InChI is InChI=1S/C11H15BrFN/c1-11(2,14-3)7-8-9(12)5-4-6-10(8)13/h4-6,14H,7H2,1-3H3. The van der Waals surface area contributed by atoms with Crippen molar-refractivity contribution >= 4 is 15.9 Å². The van der Waals surface area contributed by atoms with Crippen LogP contribution in [-0.4, -0.2) is 12.6 Å². The van der Waals surface area contributed by atoms with E-state index in [0.717, 1.165) is 10.0 Å². The Balaban J connectivity index is 2.97. The van der Waals surface area contributed by atoms with Crippen molar-refractivity contribution in [1.82, 2.24) is 5.32 Å². The zero-order chi connectivity index (χ0) is 10.8. The highest BCUT2D eigenvalue weighted by molar-refractivity contribution is 9.10. The van der Waals surface area contributed by atoms with E-state index in [2.05, 4.69) is 21.2 Å². The van der Waals surface area contributed by atoms with E-state index < -0.39 is 0 Å². The smallest absolute Gasteiger partial charge is 0.127 e. The molecule has 1 aromatic carbocycles. The average molecular weight is 260 g/mol. The Morgan fingerprint density at radius 2 is 2.07 bits per heavy atom. The van der Waals surface area contributed by atoms with Crippen LogP contribution >= 0.6 is 15.9 Å². The maximum atomic E-state index is 13.5. The van der Waals surface area contributed by atoms with Crippen molar-refractivity contribution < 1.29 is 4.39 Å². The first-order valence-corrected chi connectivity index (χ1v) is 5.37. The van der Waals surface area contributed by atoms with Crippen LogP contribution in [0.2, 0.25) is 0 Å². The number of rotatable bonds is 3. The molecule has 0 spiro atoms. The number of hydrogen-bond donors (Lipinski definition) is 1. The fourth-order valence-corrected chi connectivity index (χ4v) is 1.71. The van der Waals surface area contributed by atoms with Crippen molar-refractivity contribution in [1.29, 1.82) is 0 Å². The molecule has 0 atom stereocenters. The summed E-state index contributed by atoms with van der Waals surface area (Å²) in [4.78, 5) is 0. The molecule has 0 saturated heterocycles. The van der Waals surface area contributed by atoms with E-state index >= 15 is 0 Å². The van der Waals surface area contributed by atoms with E-state index in [1.54, 1.807) is 6.07 Å². The van der Waals surface area contributed by atoms with Gasteiger partial charge in [0.15, 0.2) is 0 Å². The first-order valence-electron chi connectivity index (χ1n) is 4.58. The molecule has 1 rings (SSSR count).